The van der Waals surface area contributed by atoms with Gasteiger partial charge < -0.3 is 14.8 Å². The zero-order valence-corrected chi connectivity index (χ0v) is 11.1. The maximum absolute atomic E-state index is 12.0. The van der Waals surface area contributed by atoms with Crippen molar-refractivity contribution in [3.8, 4) is 17.2 Å². The molecule has 5 nitrogen and oxygen atoms in total. The summed E-state index contributed by atoms with van der Waals surface area (Å²) in [4.78, 5) is 16.1. The molecule has 2 heterocycles. The molecular weight excluding hydrogens is 276 g/mol. The topological polar surface area (TPSA) is 75.4 Å². The molecule has 3 aromatic rings. The minimum atomic E-state index is -0.360. The number of hydrogen-bond donors (Lipinski definition) is 2. The van der Waals surface area contributed by atoms with E-state index in [-0.39, 0.29) is 17.4 Å². The van der Waals surface area contributed by atoms with Crippen LogP contribution in [0, 0.1) is 0 Å². The van der Waals surface area contributed by atoms with Crippen molar-refractivity contribution in [1.29, 1.82) is 0 Å². The molecule has 0 radical (unpaired) electrons. The highest BCUT2D eigenvalue weighted by Crippen LogP contribution is 2.21. The Bertz CT molecular complexity index is 717. The molecule has 1 amide bonds. The Hall–Kier alpha value is -2.60. The first kappa shape index (κ1) is 12.4. The molecule has 2 aromatic heterocycles. The number of benzene rings is 1. The molecule has 0 saturated carbocycles. The third kappa shape index (κ3) is 2.55. The molecule has 0 aliphatic heterocycles. The molecule has 1 aromatic carbocycles. The van der Waals surface area contributed by atoms with Crippen LogP contribution in [0.5, 0.6) is 5.75 Å². The van der Waals surface area contributed by atoms with E-state index in [1.54, 1.807) is 12.1 Å². The zero-order valence-electron chi connectivity index (χ0n) is 10.2. The average molecular weight is 286 g/mol. The summed E-state index contributed by atoms with van der Waals surface area (Å²) in [5.41, 5.74) is 1.63. The van der Waals surface area contributed by atoms with E-state index in [1.807, 2.05) is 16.8 Å². The van der Waals surface area contributed by atoms with Crippen LogP contribution in [0.15, 0.2) is 51.8 Å². The first-order chi connectivity index (χ1) is 9.72. The van der Waals surface area contributed by atoms with Crippen LogP contribution in [0.25, 0.3) is 11.5 Å². The predicted octanol–water partition coefficient (Wildman–Crippen LogP) is 3.36. The maximum atomic E-state index is 12.0. The van der Waals surface area contributed by atoms with Gasteiger partial charge in [0.05, 0.1) is 0 Å². The zero-order chi connectivity index (χ0) is 13.9. The summed E-state index contributed by atoms with van der Waals surface area (Å²) >= 11 is 1.53. The number of aromatic hydroxyl groups is 1. The van der Waals surface area contributed by atoms with Gasteiger partial charge in [0.25, 0.3) is 5.91 Å². The van der Waals surface area contributed by atoms with Crippen LogP contribution in [0.3, 0.4) is 0 Å². The Morgan fingerprint density at radius 3 is 2.75 bits per heavy atom. The Morgan fingerprint density at radius 1 is 1.25 bits per heavy atom. The molecule has 0 unspecified atom stereocenters. The summed E-state index contributed by atoms with van der Waals surface area (Å²) in [5, 5.41) is 15.7. The number of phenols is 1. The van der Waals surface area contributed by atoms with E-state index in [2.05, 4.69) is 10.3 Å². The minimum absolute atomic E-state index is 0.143. The molecule has 0 fully saturated rings. The van der Waals surface area contributed by atoms with Crippen LogP contribution >= 0.6 is 11.3 Å². The molecule has 0 atom stereocenters. The molecule has 20 heavy (non-hydrogen) atoms. The Labute approximate surface area is 118 Å². The Morgan fingerprint density at radius 2 is 2.05 bits per heavy atom. The van der Waals surface area contributed by atoms with Gasteiger partial charge in [0.15, 0.2) is 5.69 Å². The number of anilines is 1. The monoisotopic (exact) mass is 286 g/mol. The summed E-state index contributed by atoms with van der Waals surface area (Å²) < 4.78 is 5.28. The number of rotatable bonds is 3. The van der Waals surface area contributed by atoms with Gasteiger partial charge in [-0.1, -0.05) is 0 Å². The van der Waals surface area contributed by atoms with E-state index in [9.17, 15) is 9.90 Å². The number of nitrogens with one attached hydrogen (secondary N) is 1. The SMILES string of the molecule is O=C(Nc1ccc(O)cc1)c1coc(-c2ccsc2)n1. The van der Waals surface area contributed by atoms with Gasteiger partial charge in [-0.15, -0.1) is 0 Å². The van der Waals surface area contributed by atoms with Crippen molar-refractivity contribution in [1.82, 2.24) is 4.98 Å². The second-order valence-corrected chi connectivity index (χ2v) is 4.83. The lowest BCUT2D eigenvalue weighted by Crippen LogP contribution is -2.12. The first-order valence-corrected chi connectivity index (χ1v) is 6.75. The fraction of sp³-hybridized carbons (Fsp3) is 0. The highest BCUT2D eigenvalue weighted by Gasteiger charge is 2.13. The molecule has 0 bridgehead atoms. The van der Waals surface area contributed by atoms with Gasteiger partial charge in [-0.3, -0.25) is 4.79 Å². The lowest BCUT2D eigenvalue weighted by Gasteiger charge is -2.02. The number of oxazole rings is 1. The third-order valence-electron chi connectivity index (χ3n) is 2.63. The smallest absolute Gasteiger partial charge is 0.277 e. The number of phenolic OH excluding ortho intramolecular Hbond substituents is 1. The van der Waals surface area contributed by atoms with Crippen LogP contribution in [0.2, 0.25) is 0 Å². The Kier molecular flexibility index (Phi) is 3.22. The van der Waals surface area contributed by atoms with Gasteiger partial charge in [-0.05, 0) is 35.7 Å². The van der Waals surface area contributed by atoms with Crippen LogP contribution in [0.1, 0.15) is 10.5 Å². The highest BCUT2D eigenvalue weighted by molar-refractivity contribution is 7.08. The molecule has 0 saturated heterocycles. The highest BCUT2D eigenvalue weighted by atomic mass is 32.1. The molecule has 0 spiro atoms. The number of nitrogens with zero attached hydrogens (tertiary/aromatic N) is 1. The van der Waals surface area contributed by atoms with E-state index in [1.165, 1.54) is 29.7 Å². The number of aromatic nitrogens is 1. The molecule has 3 rings (SSSR count). The van der Waals surface area contributed by atoms with Crippen LogP contribution in [0.4, 0.5) is 5.69 Å². The fourth-order valence-corrected chi connectivity index (χ4v) is 2.27. The minimum Gasteiger partial charge on any atom is -0.508 e. The fourth-order valence-electron chi connectivity index (χ4n) is 1.64. The van der Waals surface area contributed by atoms with Gasteiger partial charge in [-0.2, -0.15) is 11.3 Å². The van der Waals surface area contributed by atoms with Crippen molar-refractivity contribution >= 4 is 22.9 Å². The number of carbonyl (C=O) groups excluding carboxylic acids is 1. The van der Waals surface area contributed by atoms with Crippen LogP contribution < -0.4 is 5.32 Å². The average Bonchev–Trinajstić information content (AvgIpc) is 3.11. The van der Waals surface area contributed by atoms with Crippen molar-refractivity contribution in [3.05, 3.63) is 53.0 Å². The van der Waals surface area contributed by atoms with Crippen LogP contribution in [-0.4, -0.2) is 16.0 Å². The summed E-state index contributed by atoms with van der Waals surface area (Å²) in [5.74, 6) is 0.201. The lowest BCUT2D eigenvalue weighted by molar-refractivity contribution is 0.102. The summed E-state index contributed by atoms with van der Waals surface area (Å²) in [6.45, 7) is 0. The van der Waals surface area contributed by atoms with Gasteiger partial charge in [0, 0.05) is 16.6 Å². The largest absolute Gasteiger partial charge is 0.508 e. The van der Waals surface area contributed by atoms with E-state index < -0.39 is 0 Å². The molecule has 0 aliphatic carbocycles. The number of carbonyl (C=O) groups is 1. The molecule has 6 heteroatoms. The molecule has 2 N–H and O–H groups in total. The van der Waals surface area contributed by atoms with Gasteiger partial charge >= 0.3 is 0 Å². The van der Waals surface area contributed by atoms with E-state index >= 15 is 0 Å². The van der Waals surface area contributed by atoms with Crippen molar-refractivity contribution in [2.75, 3.05) is 5.32 Å². The molecule has 0 aliphatic rings. The standard InChI is InChI=1S/C14H10N2O3S/c17-11-3-1-10(2-4-11)15-13(18)12-7-19-14(16-12)9-5-6-20-8-9/h1-8,17H,(H,15,18). The van der Waals surface area contributed by atoms with Gasteiger partial charge in [0.2, 0.25) is 5.89 Å². The molecule has 100 valence electrons. The molecular formula is C14H10N2O3S. The number of thiophene rings is 1. The van der Waals surface area contributed by atoms with Crippen LogP contribution in [-0.2, 0) is 0 Å². The lowest BCUT2D eigenvalue weighted by atomic mass is 10.3. The summed E-state index contributed by atoms with van der Waals surface area (Å²) in [6, 6.07) is 8.07. The second kappa shape index (κ2) is 5.18. The van der Waals surface area contributed by atoms with Gasteiger partial charge in [-0.25, -0.2) is 4.98 Å². The number of hydrogen-bond acceptors (Lipinski definition) is 5. The quantitative estimate of drug-likeness (QED) is 0.724. The number of amides is 1. The normalized spacial score (nSPS) is 10.4. The van der Waals surface area contributed by atoms with Crippen molar-refractivity contribution < 1.29 is 14.3 Å². The summed E-state index contributed by atoms with van der Waals surface area (Å²) in [6.07, 6.45) is 1.32. The third-order valence-corrected chi connectivity index (χ3v) is 3.31. The van der Waals surface area contributed by atoms with E-state index in [4.69, 9.17) is 4.42 Å². The summed E-state index contributed by atoms with van der Waals surface area (Å²) in [7, 11) is 0. The van der Waals surface area contributed by atoms with E-state index in [0.717, 1.165) is 5.56 Å². The van der Waals surface area contributed by atoms with Crippen molar-refractivity contribution in [2.45, 2.75) is 0 Å². The van der Waals surface area contributed by atoms with E-state index in [0.29, 0.717) is 11.6 Å². The van der Waals surface area contributed by atoms with Crippen molar-refractivity contribution in [2.24, 2.45) is 0 Å². The predicted molar refractivity (Wildman–Crippen MR) is 75.9 cm³/mol. The van der Waals surface area contributed by atoms with Crippen molar-refractivity contribution in [3.63, 3.8) is 0 Å². The first-order valence-electron chi connectivity index (χ1n) is 5.81. The maximum Gasteiger partial charge on any atom is 0.277 e. The second-order valence-electron chi connectivity index (χ2n) is 4.05. The van der Waals surface area contributed by atoms with Gasteiger partial charge in [0.1, 0.15) is 12.0 Å². The Balaban J connectivity index is 1.76.